The number of ether oxygens (including phenoxy) is 1. The average Bonchev–Trinajstić information content (AvgIpc) is 2.36. The fraction of sp³-hybridized carbons (Fsp3) is 0.214. The Balaban J connectivity index is 0.00000162. The SMILES string of the molecule is COc1ccc2cc([C@H](C)C(=O)O)ccc2c1.[Fe]. The van der Waals surface area contributed by atoms with Crippen LogP contribution in [0.15, 0.2) is 36.4 Å². The fourth-order valence-electron chi connectivity index (χ4n) is 1.78. The van der Waals surface area contributed by atoms with Crippen LogP contribution in [0, 0.1) is 0 Å². The maximum atomic E-state index is 10.9. The number of benzene rings is 2. The van der Waals surface area contributed by atoms with E-state index in [0.717, 1.165) is 22.1 Å². The predicted molar refractivity (Wildman–Crippen MR) is 66.6 cm³/mol. The van der Waals surface area contributed by atoms with Gasteiger partial charge in [0.15, 0.2) is 0 Å². The van der Waals surface area contributed by atoms with Crippen LogP contribution in [-0.2, 0) is 21.9 Å². The largest absolute Gasteiger partial charge is 0.497 e. The summed E-state index contributed by atoms with van der Waals surface area (Å²) in [5.41, 5.74) is 0.815. The van der Waals surface area contributed by atoms with E-state index < -0.39 is 11.9 Å². The molecule has 0 spiro atoms. The summed E-state index contributed by atoms with van der Waals surface area (Å²) < 4.78 is 5.14. The molecule has 18 heavy (non-hydrogen) atoms. The van der Waals surface area contributed by atoms with Gasteiger partial charge >= 0.3 is 5.97 Å². The summed E-state index contributed by atoms with van der Waals surface area (Å²) in [6.07, 6.45) is 0. The Morgan fingerprint density at radius 2 is 1.78 bits per heavy atom. The molecular formula is C14H14FeO3. The summed E-state index contributed by atoms with van der Waals surface area (Å²) in [5, 5.41) is 11.0. The van der Waals surface area contributed by atoms with Crippen LogP contribution in [0.25, 0.3) is 10.8 Å². The number of hydrogen-bond acceptors (Lipinski definition) is 2. The molecule has 0 radical (unpaired) electrons. The van der Waals surface area contributed by atoms with Crippen molar-refractivity contribution >= 4 is 16.7 Å². The van der Waals surface area contributed by atoms with Crippen LogP contribution in [0.1, 0.15) is 18.4 Å². The molecule has 0 aromatic heterocycles. The monoisotopic (exact) mass is 286 g/mol. The molecule has 0 saturated heterocycles. The summed E-state index contributed by atoms with van der Waals surface area (Å²) in [6.45, 7) is 1.69. The first-order valence-electron chi connectivity index (χ1n) is 5.42. The average molecular weight is 286 g/mol. The standard InChI is InChI=1S/C14H14O3.Fe/c1-9(14(15)16)10-3-4-12-8-13(17-2)6-5-11(12)7-10;/h3-9H,1-2H3,(H,15,16);/t9-;/m0./s1. The first-order chi connectivity index (χ1) is 8.11. The van der Waals surface area contributed by atoms with Crippen molar-refractivity contribution in [3.05, 3.63) is 42.0 Å². The Morgan fingerprint density at radius 1 is 1.17 bits per heavy atom. The Hall–Kier alpha value is -1.51. The molecule has 0 aliphatic carbocycles. The second kappa shape index (κ2) is 5.89. The molecule has 0 aliphatic rings. The second-order valence-corrected chi connectivity index (χ2v) is 4.03. The van der Waals surface area contributed by atoms with Crippen molar-refractivity contribution < 1.29 is 31.7 Å². The fourth-order valence-corrected chi connectivity index (χ4v) is 1.78. The van der Waals surface area contributed by atoms with E-state index in [2.05, 4.69) is 0 Å². The third-order valence-electron chi connectivity index (χ3n) is 2.94. The van der Waals surface area contributed by atoms with E-state index in [-0.39, 0.29) is 17.1 Å². The van der Waals surface area contributed by atoms with Gasteiger partial charge in [0, 0.05) is 17.1 Å². The van der Waals surface area contributed by atoms with Gasteiger partial charge in [-0.05, 0) is 35.4 Å². The van der Waals surface area contributed by atoms with Gasteiger partial charge in [-0.2, -0.15) is 0 Å². The Morgan fingerprint density at radius 3 is 2.39 bits per heavy atom. The topological polar surface area (TPSA) is 46.5 Å². The minimum atomic E-state index is -0.808. The number of carboxylic acid groups (broad SMARTS) is 1. The van der Waals surface area contributed by atoms with Crippen LogP contribution in [0.4, 0.5) is 0 Å². The van der Waals surface area contributed by atoms with Gasteiger partial charge < -0.3 is 9.84 Å². The van der Waals surface area contributed by atoms with Gasteiger partial charge in [0.05, 0.1) is 13.0 Å². The molecule has 0 heterocycles. The van der Waals surface area contributed by atoms with E-state index in [0.29, 0.717) is 0 Å². The van der Waals surface area contributed by atoms with Gasteiger partial charge in [0.1, 0.15) is 5.75 Å². The van der Waals surface area contributed by atoms with Gasteiger partial charge in [0.25, 0.3) is 0 Å². The molecule has 2 rings (SSSR count). The first kappa shape index (κ1) is 14.6. The zero-order valence-corrected chi connectivity index (χ0v) is 11.3. The number of carboxylic acids is 1. The van der Waals surface area contributed by atoms with Crippen LogP contribution in [-0.4, -0.2) is 18.2 Å². The van der Waals surface area contributed by atoms with Crippen molar-refractivity contribution in [3.8, 4) is 5.75 Å². The molecule has 0 unspecified atom stereocenters. The van der Waals surface area contributed by atoms with Crippen molar-refractivity contribution in [3.63, 3.8) is 0 Å². The molecule has 1 atom stereocenters. The summed E-state index contributed by atoms with van der Waals surface area (Å²) in [5.74, 6) is -0.490. The molecule has 3 nitrogen and oxygen atoms in total. The number of methoxy groups -OCH3 is 1. The minimum absolute atomic E-state index is 0. The molecule has 4 heteroatoms. The molecule has 0 bridgehead atoms. The molecular weight excluding hydrogens is 272 g/mol. The van der Waals surface area contributed by atoms with Crippen LogP contribution in [0.3, 0.4) is 0 Å². The third kappa shape index (κ3) is 2.84. The van der Waals surface area contributed by atoms with Gasteiger partial charge in [-0.25, -0.2) is 0 Å². The van der Waals surface area contributed by atoms with Crippen LogP contribution in [0.5, 0.6) is 5.75 Å². The zero-order valence-electron chi connectivity index (χ0n) is 10.2. The number of hydrogen-bond donors (Lipinski definition) is 1. The molecule has 0 amide bonds. The molecule has 2 aromatic rings. The normalized spacial score (nSPS) is 11.7. The second-order valence-electron chi connectivity index (χ2n) is 4.03. The molecule has 2 aromatic carbocycles. The van der Waals surface area contributed by atoms with Crippen molar-refractivity contribution in [2.45, 2.75) is 12.8 Å². The van der Waals surface area contributed by atoms with Crippen LogP contribution in [0.2, 0.25) is 0 Å². The van der Waals surface area contributed by atoms with E-state index in [1.54, 1.807) is 14.0 Å². The summed E-state index contributed by atoms with van der Waals surface area (Å²) in [7, 11) is 1.63. The van der Waals surface area contributed by atoms with Crippen LogP contribution < -0.4 is 4.74 Å². The predicted octanol–water partition coefficient (Wildman–Crippen LogP) is 3.03. The van der Waals surface area contributed by atoms with E-state index in [4.69, 9.17) is 9.84 Å². The van der Waals surface area contributed by atoms with Crippen molar-refractivity contribution in [1.29, 1.82) is 0 Å². The Kier molecular flexibility index (Phi) is 4.76. The number of carbonyl (C=O) groups is 1. The maximum absolute atomic E-state index is 10.9. The van der Waals surface area contributed by atoms with Crippen molar-refractivity contribution in [1.82, 2.24) is 0 Å². The number of aliphatic carboxylic acids is 1. The Labute approximate surface area is 116 Å². The number of fused-ring (bicyclic) bond motifs is 1. The van der Waals surface area contributed by atoms with Gasteiger partial charge in [-0.3, -0.25) is 4.79 Å². The quantitative estimate of drug-likeness (QED) is 0.882. The Bertz CT molecular complexity index is 566. The molecule has 1 N–H and O–H groups in total. The molecule has 0 fully saturated rings. The van der Waals surface area contributed by atoms with Gasteiger partial charge in [0.2, 0.25) is 0 Å². The van der Waals surface area contributed by atoms with E-state index in [9.17, 15) is 4.79 Å². The molecule has 96 valence electrons. The van der Waals surface area contributed by atoms with E-state index >= 15 is 0 Å². The smallest absolute Gasteiger partial charge is 0.310 e. The van der Waals surface area contributed by atoms with Crippen molar-refractivity contribution in [2.24, 2.45) is 0 Å². The van der Waals surface area contributed by atoms with E-state index in [1.165, 1.54) is 0 Å². The molecule has 0 aliphatic heterocycles. The number of rotatable bonds is 3. The zero-order chi connectivity index (χ0) is 12.4. The summed E-state index contributed by atoms with van der Waals surface area (Å²) in [4.78, 5) is 10.9. The first-order valence-corrected chi connectivity index (χ1v) is 5.42. The summed E-state index contributed by atoms with van der Waals surface area (Å²) >= 11 is 0. The van der Waals surface area contributed by atoms with Gasteiger partial charge in [-0.15, -0.1) is 0 Å². The third-order valence-corrected chi connectivity index (χ3v) is 2.94. The minimum Gasteiger partial charge on any atom is -0.497 e. The summed E-state index contributed by atoms with van der Waals surface area (Å²) in [6, 6.07) is 11.4. The van der Waals surface area contributed by atoms with Crippen molar-refractivity contribution in [2.75, 3.05) is 7.11 Å². The van der Waals surface area contributed by atoms with Crippen LogP contribution >= 0.6 is 0 Å². The van der Waals surface area contributed by atoms with Gasteiger partial charge in [-0.1, -0.05) is 24.3 Å². The maximum Gasteiger partial charge on any atom is 0.310 e. The van der Waals surface area contributed by atoms with E-state index in [1.807, 2.05) is 36.4 Å². The molecule has 0 saturated carbocycles.